The van der Waals surface area contributed by atoms with Crippen LogP contribution in [0.15, 0.2) is 106 Å². The molecule has 0 unspecified atom stereocenters. The number of thioether (sulfide) groups is 2. The Morgan fingerprint density at radius 1 is 0.771 bits per heavy atom. The molecule has 0 aliphatic heterocycles. The monoisotopic (exact) mass is 515 g/mol. The lowest BCUT2D eigenvalue weighted by atomic mass is 10.1. The standard InChI is InChI=1S/C27H21N3O2S3/c31-25(28-21-13-15-23(16-14-21)32-22-10-2-1-3-11-22)18-34-27-30-29-26(35-27)33-17-20-9-6-8-19-7-4-5-12-24(19)20/h1-16H,17-18H2,(H,28,31). The number of fused-ring (bicyclic) bond motifs is 1. The molecule has 1 heterocycles. The van der Waals surface area contributed by atoms with E-state index in [0.29, 0.717) is 5.75 Å². The minimum absolute atomic E-state index is 0.0908. The zero-order valence-corrected chi connectivity index (χ0v) is 21.0. The van der Waals surface area contributed by atoms with E-state index in [0.717, 1.165) is 25.9 Å². The summed E-state index contributed by atoms with van der Waals surface area (Å²) in [5.41, 5.74) is 2.00. The molecular weight excluding hydrogens is 495 g/mol. The van der Waals surface area contributed by atoms with E-state index in [-0.39, 0.29) is 11.7 Å². The van der Waals surface area contributed by atoms with E-state index < -0.39 is 0 Å². The quantitative estimate of drug-likeness (QED) is 0.205. The fraction of sp³-hybridized carbons (Fsp3) is 0.0741. The lowest BCUT2D eigenvalue weighted by Crippen LogP contribution is -2.13. The molecule has 174 valence electrons. The number of amides is 1. The normalized spacial score (nSPS) is 10.9. The van der Waals surface area contributed by atoms with Gasteiger partial charge < -0.3 is 10.1 Å². The van der Waals surface area contributed by atoms with E-state index in [4.69, 9.17) is 4.74 Å². The highest BCUT2D eigenvalue weighted by Crippen LogP contribution is 2.32. The lowest BCUT2D eigenvalue weighted by Gasteiger charge is -2.07. The predicted molar refractivity (Wildman–Crippen MR) is 146 cm³/mol. The van der Waals surface area contributed by atoms with Crippen molar-refractivity contribution < 1.29 is 9.53 Å². The van der Waals surface area contributed by atoms with Gasteiger partial charge in [0.2, 0.25) is 5.91 Å². The first-order valence-electron chi connectivity index (χ1n) is 10.9. The van der Waals surface area contributed by atoms with Crippen LogP contribution < -0.4 is 10.1 Å². The van der Waals surface area contributed by atoms with Crippen molar-refractivity contribution in [2.75, 3.05) is 11.1 Å². The summed E-state index contributed by atoms with van der Waals surface area (Å²) in [6.45, 7) is 0. The zero-order valence-electron chi connectivity index (χ0n) is 18.6. The van der Waals surface area contributed by atoms with E-state index >= 15 is 0 Å². The Morgan fingerprint density at radius 3 is 2.29 bits per heavy atom. The van der Waals surface area contributed by atoms with Gasteiger partial charge in [-0.3, -0.25) is 4.79 Å². The fourth-order valence-corrected chi connectivity index (χ4v) is 6.25. The number of benzene rings is 4. The summed E-state index contributed by atoms with van der Waals surface area (Å²) >= 11 is 4.58. The molecule has 0 aliphatic rings. The van der Waals surface area contributed by atoms with E-state index in [1.807, 2.05) is 54.6 Å². The molecule has 1 aromatic heterocycles. The molecule has 5 nitrogen and oxygen atoms in total. The molecule has 0 saturated carbocycles. The van der Waals surface area contributed by atoms with Crippen molar-refractivity contribution in [2.24, 2.45) is 0 Å². The number of para-hydroxylation sites is 1. The average Bonchev–Trinajstić information content (AvgIpc) is 3.36. The Balaban J connectivity index is 1.10. The molecule has 5 aromatic rings. The molecule has 8 heteroatoms. The van der Waals surface area contributed by atoms with Gasteiger partial charge in [-0.15, -0.1) is 10.2 Å². The lowest BCUT2D eigenvalue weighted by molar-refractivity contribution is -0.113. The Hall–Kier alpha value is -3.33. The van der Waals surface area contributed by atoms with Gasteiger partial charge in [0.25, 0.3) is 0 Å². The smallest absolute Gasteiger partial charge is 0.234 e. The van der Waals surface area contributed by atoms with Gasteiger partial charge in [0, 0.05) is 11.4 Å². The van der Waals surface area contributed by atoms with Crippen LogP contribution >= 0.6 is 34.9 Å². The van der Waals surface area contributed by atoms with Crippen molar-refractivity contribution in [2.45, 2.75) is 14.4 Å². The van der Waals surface area contributed by atoms with Crippen molar-refractivity contribution in [3.8, 4) is 11.5 Å². The van der Waals surface area contributed by atoms with Crippen LogP contribution in [-0.2, 0) is 10.5 Å². The Morgan fingerprint density at radius 2 is 1.46 bits per heavy atom. The van der Waals surface area contributed by atoms with Crippen LogP contribution in [0, 0.1) is 0 Å². The van der Waals surface area contributed by atoms with Gasteiger partial charge in [0.05, 0.1) is 5.75 Å². The average molecular weight is 516 g/mol. The van der Waals surface area contributed by atoms with Gasteiger partial charge in [-0.05, 0) is 52.7 Å². The van der Waals surface area contributed by atoms with Gasteiger partial charge in [0.15, 0.2) is 8.68 Å². The number of rotatable bonds is 9. The maximum absolute atomic E-state index is 12.4. The summed E-state index contributed by atoms with van der Waals surface area (Å²) in [6, 6.07) is 31.7. The largest absolute Gasteiger partial charge is 0.457 e. The van der Waals surface area contributed by atoms with Crippen molar-refractivity contribution in [3.05, 3.63) is 103 Å². The molecule has 1 N–H and O–H groups in total. The zero-order chi connectivity index (χ0) is 23.9. The molecular formula is C27H21N3O2S3. The van der Waals surface area contributed by atoms with Crippen LogP contribution in [0.5, 0.6) is 11.5 Å². The second-order valence-corrected chi connectivity index (χ2v) is 11.0. The molecule has 0 fully saturated rings. The molecule has 4 aromatic carbocycles. The number of ether oxygens (including phenoxy) is 1. The van der Waals surface area contributed by atoms with Gasteiger partial charge in [0.1, 0.15) is 11.5 Å². The van der Waals surface area contributed by atoms with Gasteiger partial charge in [-0.25, -0.2) is 0 Å². The topological polar surface area (TPSA) is 64.1 Å². The molecule has 5 rings (SSSR count). The molecule has 0 bridgehead atoms. The third-order valence-electron chi connectivity index (χ3n) is 5.06. The molecule has 1 amide bonds. The summed E-state index contributed by atoms with van der Waals surface area (Å²) in [5.74, 6) is 2.49. The highest BCUT2D eigenvalue weighted by atomic mass is 32.2. The highest BCUT2D eigenvalue weighted by molar-refractivity contribution is 8.03. The van der Waals surface area contributed by atoms with Crippen LogP contribution in [0.4, 0.5) is 5.69 Å². The Kier molecular flexibility index (Phi) is 7.62. The van der Waals surface area contributed by atoms with Crippen LogP contribution in [0.1, 0.15) is 5.56 Å². The van der Waals surface area contributed by atoms with Crippen molar-refractivity contribution >= 4 is 57.2 Å². The van der Waals surface area contributed by atoms with E-state index in [1.54, 1.807) is 11.8 Å². The molecule has 0 aliphatic carbocycles. The maximum atomic E-state index is 12.4. The van der Waals surface area contributed by atoms with Gasteiger partial charge >= 0.3 is 0 Å². The number of aromatic nitrogens is 2. The van der Waals surface area contributed by atoms with Crippen LogP contribution in [0.2, 0.25) is 0 Å². The van der Waals surface area contributed by atoms with E-state index in [2.05, 4.69) is 58.0 Å². The summed E-state index contributed by atoms with van der Waals surface area (Å²) < 4.78 is 7.46. The number of carbonyl (C=O) groups excluding carboxylic acids is 1. The fourth-order valence-electron chi connectivity index (χ4n) is 3.43. The van der Waals surface area contributed by atoms with Crippen LogP contribution in [-0.4, -0.2) is 21.9 Å². The summed E-state index contributed by atoms with van der Waals surface area (Å²) in [4.78, 5) is 12.4. The number of carbonyl (C=O) groups is 1. The minimum atomic E-state index is -0.0908. The van der Waals surface area contributed by atoms with E-state index in [1.165, 1.54) is 39.4 Å². The number of hydrogen-bond donors (Lipinski definition) is 1. The Labute approximate surface area is 215 Å². The number of nitrogens with one attached hydrogen (secondary N) is 1. The summed E-state index contributed by atoms with van der Waals surface area (Å²) in [7, 11) is 0. The number of anilines is 1. The SMILES string of the molecule is O=C(CSc1nnc(SCc2cccc3ccccc23)s1)Nc1ccc(Oc2ccccc2)cc1. The second-order valence-electron chi connectivity index (χ2n) is 7.54. The van der Waals surface area contributed by atoms with Crippen LogP contribution in [0.25, 0.3) is 10.8 Å². The van der Waals surface area contributed by atoms with Crippen molar-refractivity contribution in [1.29, 1.82) is 0 Å². The van der Waals surface area contributed by atoms with Gasteiger partial charge in [-0.1, -0.05) is 95.5 Å². The first-order chi connectivity index (χ1) is 17.2. The number of nitrogens with zero attached hydrogens (tertiary/aromatic N) is 2. The minimum Gasteiger partial charge on any atom is -0.457 e. The van der Waals surface area contributed by atoms with E-state index in [9.17, 15) is 4.79 Å². The predicted octanol–water partition coefficient (Wildman–Crippen LogP) is 7.51. The molecule has 0 radical (unpaired) electrons. The first kappa shape index (κ1) is 23.4. The summed E-state index contributed by atoms with van der Waals surface area (Å²) in [5, 5.41) is 13.9. The van der Waals surface area contributed by atoms with Crippen molar-refractivity contribution in [3.63, 3.8) is 0 Å². The molecule has 0 spiro atoms. The maximum Gasteiger partial charge on any atom is 0.234 e. The second kappa shape index (κ2) is 11.4. The third-order valence-corrected chi connectivity index (χ3v) is 8.30. The summed E-state index contributed by atoms with van der Waals surface area (Å²) in [6.07, 6.45) is 0. The van der Waals surface area contributed by atoms with Gasteiger partial charge in [-0.2, -0.15) is 0 Å². The third kappa shape index (κ3) is 6.42. The van der Waals surface area contributed by atoms with Crippen molar-refractivity contribution in [1.82, 2.24) is 10.2 Å². The highest BCUT2D eigenvalue weighted by Gasteiger charge is 2.10. The molecule has 35 heavy (non-hydrogen) atoms. The molecule has 0 atom stereocenters. The van der Waals surface area contributed by atoms with Crippen LogP contribution in [0.3, 0.4) is 0 Å². The number of hydrogen-bond acceptors (Lipinski definition) is 7. The first-order valence-corrected chi connectivity index (χ1v) is 13.7. The molecule has 0 saturated heterocycles. The Bertz CT molecular complexity index is 1420.